The number of anilines is 1. The molecule has 1 aliphatic heterocycles. The minimum atomic E-state index is -3.42. The topological polar surface area (TPSA) is 72.4 Å². The highest BCUT2D eigenvalue weighted by atomic mass is 32.2. The molecular formula is C16H17N3O3S. The van der Waals surface area contributed by atoms with Gasteiger partial charge in [-0.15, -0.1) is 0 Å². The molecule has 2 heterocycles. The maximum absolute atomic E-state index is 11.6. The number of aromatic nitrogens is 2. The number of likely N-dealkylation sites (N-methyl/N-ethyl adjacent to an activating group) is 1. The van der Waals surface area contributed by atoms with Crippen LogP contribution in [0.25, 0.3) is 11.6 Å². The number of methoxy groups -OCH3 is 1. The Balaban J connectivity index is 2.02. The summed E-state index contributed by atoms with van der Waals surface area (Å²) in [5, 5.41) is -0.149. The van der Waals surface area contributed by atoms with E-state index in [1.54, 1.807) is 13.3 Å². The van der Waals surface area contributed by atoms with E-state index >= 15 is 0 Å². The molecule has 2 aromatic rings. The fourth-order valence-corrected chi connectivity index (χ4v) is 2.99. The second kappa shape index (κ2) is 5.66. The van der Waals surface area contributed by atoms with Crippen LogP contribution in [0.3, 0.4) is 0 Å². The Labute approximate surface area is 135 Å². The number of hydrogen-bond acceptors (Lipinski definition) is 6. The Bertz CT molecular complexity index is 874. The van der Waals surface area contributed by atoms with Gasteiger partial charge in [-0.05, 0) is 29.3 Å². The molecular weight excluding hydrogens is 314 g/mol. The van der Waals surface area contributed by atoms with Gasteiger partial charge in [0.2, 0.25) is 15.0 Å². The lowest BCUT2D eigenvalue weighted by Gasteiger charge is -2.26. The maximum atomic E-state index is 11.6. The highest BCUT2D eigenvalue weighted by Crippen LogP contribution is 2.31. The van der Waals surface area contributed by atoms with Crippen molar-refractivity contribution in [3.8, 4) is 5.75 Å². The first kappa shape index (κ1) is 15.5. The van der Waals surface area contributed by atoms with Crippen LogP contribution in [0.15, 0.2) is 35.6 Å². The van der Waals surface area contributed by atoms with E-state index < -0.39 is 9.84 Å². The molecule has 0 bridgehead atoms. The van der Waals surface area contributed by atoms with Gasteiger partial charge in [0.15, 0.2) is 0 Å². The molecule has 6 nitrogen and oxygen atoms in total. The van der Waals surface area contributed by atoms with Crippen LogP contribution in [0.4, 0.5) is 5.82 Å². The van der Waals surface area contributed by atoms with Crippen LogP contribution >= 0.6 is 0 Å². The fourth-order valence-electron chi connectivity index (χ4n) is 2.50. The summed E-state index contributed by atoms with van der Waals surface area (Å²) in [5.41, 5.74) is 2.99. The van der Waals surface area contributed by atoms with E-state index in [-0.39, 0.29) is 5.16 Å². The molecule has 0 N–H and O–H groups in total. The summed E-state index contributed by atoms with van der Waals surface area (Å²) in [4.78, 5) is 10.1. The number of nitrogens with zero attached hydrogens (tertiary/aromatic N) is 3. The normalized spacial score (nSPS) is 14.2. The number of benzene rings is 1. The summed E-state index contributed by atoms with van der Waals surface area (Å²) < 4.78 is 28.4. The molecule has 120 valence electrons. The predicted molar refractivity (Wildman–Crippen MR) is 89.3 cm³/mol. The fraction of sp³-hybridized carbons (Fsp3) is 0.250. The largest absolute Gasteiger partial charge is 0.497 e. The summed E-state index contributed by atoms with van der Waals surface area (Å²) in [7, 11) is 0.101. The molecule has 0 atom stereocenters. The van der Waals surface area contributed by atoms with Crippen molar-refractivity contribution in [2.24, 2.45) is 0 Å². The van der Waals surface area contributed by atoms with E-state index in [9.17, 15) is 8.42 Å². The van der Waals surface area contributed by atoms with E-state index in [1.165, 1.54) is 0 Å². The Hall–Kier alpha value is -2.41. The predicted octanol–water partition coefficient (Wildman–Crippen LogP) is 1.88. The first-order chi connectivity index (χ1) is 10.9. The lowest BCUT2D eigenvalue weighted by Crippen LogP contribution is -2.25. The summed E-state index contributed by atoms with van der Waals surface area (Å²) >= 11 is 0. The summed E-state index contributed by atoms with van der Waals surface area (Å²) in [5.74, 6) is 1.43. The summed E-state index contributed by atoms with van der Waals surface area (Å²) in [6.45, 7) is 0.638. The van der Waals surface area contributed by atoms with Crippen LogP contribution in [0.2, 0.25) is 0 Å². The van der Waals surface area contributed by atoms with Crippen LogP contribution in [0.5, 0.6) is 5.75 Å². The highest BCUT2D eigenvalue weighted by Gasteiger charge is 2.21. The quantitative estimate of drug-likeness (QED) is 0.800. The minimum Gasteiger partial charge on any atom is -0.497 e. The van der Waals surface area contributed by atoms with Crippen molar-refractivity contribution in [1.29, 1.82) is 0 Å². The first-order valence-corrected chi connectivity index (χ1v) is 8.91. The number of rotatable bonds is 3. The number of hydrogen-bond donors (Lipinski definition) is 0. The van der Waals surface area contributed by atoms with Gasteiger partial charge >= 0.3 is 0 Å². The molecule has 1 aromatic carbocycles. The Morgan fingerprint density at radius 3 is 2.52 bits per heavy atom. The van der Waals surface area contributed by atoms with E-state index in [0.29, 0.717) is 12.4 Å². The van der Waals surface area contributed by atoms with Crippen molar-refractivity contribution >= 4 is 27.3 Å². The smallest absolute Gasteiger partial charge is 0.248 e. The third-order valence-electron chi connectivity index (χ3n) is 3.67. The average Bonchev–Trinajstić information content (AvgIpc) is 2.53. The minimum absolute atomic E-state index is 0.149. The molecule has 1 aromatic heterocycles. The van der Waals surface area contributed by atoms with E-state index in [0.717, 1.165) is 28.7 Å². The van der Waals surface area contributed by atoms with Crippen molar-refractivity contribution in [3.05, 3.63) is 41.6 Å². The molecule has 0 unspecified atom stereocenters. The zero-order valence-corrected chi connectivity index (χ0v) is 14.0. The van der Waals surface area contributed by atoms with Crippen LogP contribution in [0, 0.1) is 0 Å². The third kappa shape index (κ3) is 3.05. The third-order valence-corrected chi connectivity index (χ3v) is 4.53. The zero-order valence-electron chi connectivity index (χ0n) is 13.1. The standard InChI is InChI=1S/C16H17N3O3S/c1-19-10-13(11-4-6-14(22-2)7-5-11)8-12-9-17-16(18-15(12)19)23(3,20)21/h4-9H,10H2,1-3H3. The highest BCUT2D eigenvalue weighted by molar-refractivity contribution is 7.90. The van der Waals surface area contributed by atoms with E-state index in [2.05, 4.69) is 9.97 Å². The molecule has 7 heteroatoms. The molecule has 0 aliphatic carbocycles. The van der Waals surface area contributed by atoms with Crippen molar-refractivity contribution in [1.82, 2.24) is 9.97 Å². The second-order valence-corrected chi connectivity index (χ2v) is 7.37. The average molecular weight is 331 g/mol. The maximum Gasteiger partial charge on any atom is 0.248 e. The van der Waals surface area contributed by atoms with E-state index in [1.807, 2.05) is 42.3 Å². The van der Waals surface area contributed by atoms with Crippen molar-refractivity contribution < 1.29 is 13.2 Å². The lowest BCUT2D eigenvalue weighted by molar-refractivity contribution is 0.415. The molecule has 0 spiro atoms. The van der Waals surface area contributed by atoms with Gasteiger partial charge < -0.3 is 9.64 Å². The lowest BCUT2D eigenvalue weighted by atomic mass is 10.00. The van der Waals surface area contributed by atoms with Crippen molar-refractivity contribution in [2.75, 3.05) is 31.9 Å². The van der Waals surface area contributed by atoms with Crippen molar-refractivity contribution in [3.63, 3.8) is 0 Å². The van der Waals surface area contributed by atoms with Gasteiger partial charge in [-0.2, -0.15) is 0 Å². The summed E-state index contributed by atoms with van der Waals surface area (Å²) in [6.07, 6.45) is 4.65. The number of fused-ring (bicyclic) bond motifs is 1. The molecule has 3 rings (SSSR count). The molecule has 1 aliphatic rings. The molecule has 0 amide bonds. The number of sulfone groups is 1. The molecule has 0 saturated heterocycles. The van der Waals surface area contributed by atoms with Gasteiger partial charge in [0, 0.05) is 31.6 Å². The Morgan fingerprint density at radius 1 is 1.22 bits per heavy atom. The zero-order chi connectivity index (χ0) is 16.6. The molecule has 0 radical (unpaired) electrons. The van der Waals surface area contributed by atoms with Crippen LogP contribution < -0.4 is 9.64 Å². The van der Waals surface area contributed by atoms with Gasteiger partial charge in [-0.25, -0.2) is 18.4 Å². The summed E-state index contributed by atoms with van der Waals surface area (Å²) in [6, 6.07) is 7.81. The van der Waals surface area contributed by atoms with Gasteiger partial charge in [0.05, 0.1) is 7.11 Å². The molecule has 23 heavy (non-hydrogen) atoms. The van der Waals surface area contributed by atoms with Crippen molar-refractivity contribution in [2.45, 2.75) is 5.16 Å². The van der Waals surface area contributed by atoms with Gasteiger partial charge in [0.25, 0.3) is 0 Å². The monoisotopic (exact) mass is 331 g/mol. The first-order valence-electron chi connectivity index (χ1n) is 7.02. The Kier molecular flexibility index (Phi) is 3.81. The SMILES string of the molecule is COc1ccc(C2=Cc3cnc(S(C)(=O)=O)nc3N(C)C2)cc1. The van der Waals surface area contributed by atoms with E-state index in [4.69, 9.17) is 4.74 Å². The van der Waals surface area contributed by atoms with Crippen LogP contribution in [-0.2, 0) is 9.84 Å². The van der Waals surface area contributed by atoms with Gasteiger partial charge in [-0.3, -0.25) is 0 Å². The Morgan fingerprint density at radius 2 is 1.91 bits per heavy atom. The molecule has 0 fully saturated rings. The van der Waals surface area contributed by atoms with Gasteiger partial charge in [0.1, 0.15) is 11.6 Å². The molecule has 0 saturated carbocycles. The van der Waals surface area contributed by atoms with Crippen LogP contribution in [0.1, 0.15) is 11.1 Å². The second-order valence-electron chi connectivity index (χ2n) is 5.46. The van der Waals surface area contributed by atoms with Gasteiger partial charge in [-0.1, -0.05) is 12.1 Å². The number of ether oxygens (including phenoxy) is 1. The van der Waals surface area contributed by atoms with Crippen LogP contribution in [-0.4, -0.2) is 45.3 Å².